The Morgan fingerprint density at radius 3 is 2.94 bits per heavy atom. The van der Waals surface area contributed by atoms with Gasteiger partial charge in [-0.25, -0.2) is 0 Å². The van der Waals surface area contributed by atoms with Crippen LogP contribution in [0.5, 0.6) is 0 Å². The third kappa shape index (κ3) is 3.64. The lowest BCUT2D eigenvalue weighted by molar-refractivity contribution is -0.136. The number of carbonyl (C=O) groups is 2. The van der Waals surface area contributed by atoms with E-state index < -0.39 is 6.04 Å². The molecule has 0 bridgehead atoms. The number of hydrogen-bond donors (Lipinski definition) is 0. The highest BCUT2D eigenvalue weighted by Crippen LogP contribution is 2.19. The minimum Gasteiger partial charge on any atom is -0.361 e. The molecule has 1 aliphatic heterocycles. The monoisotopic (exact) mass is 235 g/mol. The molecule has 1 rings (SSSR count). The molecule has 0 radical (unpaired) electrons. The molecular weight excluding hydrogens is 218 g/mol. The van der Waals surface area contributed by atoms with Crippen molar-refractivity contribution in [3.05, 3.63) is 18.2 Å². The number of likely N-dealkylation sites (tertiary alicyclic amines) is 1. The number of rotatable bonds is 6. The highest BCUT2D eigenvalue weighted by atomic mass is 16.2. The molecule has 0 saturated carbocycles. The molecule has 1 amide bonds. The van der Waals surface area contributed by atoms with Crippen LogP contribution in [0.25, 0.3) is 5.53 Å². The van der Waals surface area contributed by atoms with Crippen LogP contribution in [-0.2, 0) is 9.59 Å². The molecule has 1 heterocycles. The van der Waals surface area contributed by atoms with Crippen molar-refractivity contribution < 1.29 is 14.4 Å². The third-order valence-electron chi connectivity index (χ3n) is 2.89. The first-order chi connectivity index (χ1) is 8.20. The fourth-order valence-electron chi connectivity index (χ4n) is 2.05. The van der Waals surface area contributed by atoms with Gasteiger partial charge in [0.2, 0.25) is 5.91 Å². The van der Waals surface area contributed by atoms with E-state index in [2.05, 4.69) is 11.4 Å². The summed E-state index contributed by atoms with van der Waals surface area (Å²) in [7, 11) is 0. The second-order valence-electron chi connectivity index (χ2n) is 4.07. The van der Waals surface area contributed by atoms with Gasteiger partial charge in [-0.1, -0.05) is 6.08 Å². The molecule has 1 saturated heterocycles. The molecule has 0 aromatic carbocycles. The Kier molecular flexibility index (Phi) is 5.30. The van der Waals surface area contributed by atoms with Crippen molar-refractivity contribution in [2.45, 2.75) is 38.1 Å². The molecule has 0 aromatic rings. The van der Waals surface area contributed by atoms with Crippen LogP contribution in [0.2, 0.25) is 0 Å². The molecule has 0 N–H and O–H groups in total. The number of hydrogen-bond acceptors (Lipinski definition) is 2. The summed E-state index contributed by atoms with van der Waals surface area (Å²) in [5.41, 5.74) is 8.33. The zero-order valence-corrected chi connectivity index (χ0v) is 9.84. The first-order valence-electron chi connectivity index (χ1n) is 5.82. The van der Waals surface area contributed by atoms with Crippen molar-refractivity contribution in [2.75, 3.05) is 6.54 Å². The van der Waals surface area contributed by atoms with Crippen LogP contribution >= 0.6 is 0 Å². The summed E-state index contributed by atoms with van der Waals surface area (Å²) < 4.78 is 0. The number of Topliss-reactive ketones (excluding diaryl/α,β-unsaturated/α-hetero) is 1. The SMILES string of the molecule is C=CCCCC(=O)N1CCC[C@H]1C(=O)C=[N+]=[N-]. The van der Waals surface area contributed by atoms with Gasteiger partial charge in [0.05, 0.1) is 0 Å². The Bertz CT molecular complexity index is 359. The topological polar surface area (TPSA) is 73.8 Å². The van der Waals surface area contributed by atoms with Crippen molar-refractivity contribution in [3.8, 4) is 0 Å². The molecule has 1 fully saturated rings. The summed E-state index contributed by atoms with van der Waals surface area (Å²) in [4.78, 5) is 27.8. The summed E-state index contributed by atoms with van der Waals surface area (Å²) in [6.07, 6.45) is 6.12. The van der Waals surface area contributed by atoms with Crippen molar-refractivity contribution in [1.29, 1.82) is 0 Å². The molecule has 5 nitrogen and oxygen atoms in total. The van der Waals surface area contributed by atoms with Crippen LogP contribution in [0.1, 0.15) is 32.1 Å². The lowest BCUT2D eigenvalue weighted by atomic mass is 10.1. The van der Waals surface area contributed by atoms with E-state index >= 15 is 0 Å². The molecule has 0 aromatic heterocycles. The van der Waals surface area contributed by atoms with Gasteiger partial charge in [0.25, 0.3) is 5.78 Å². The maximum Gasteiger partial charge on any atom is 0.325 e. The van der Waals surface area contributed by atoms with Gasteiger partial charge in [0, 0.05) is 13.0 Å². The van der Waals surface area contributed by atoms with Gasteiger partial charge in [-0.2, -0.15) is 4.79 Å². The molecule has 1 aliphatic rings. The largest absolute Gasteiger partial charge is 0.361 e. The molecular formula is C12H17N3O2. The summed E-state index contributed by atoms with van der Waals surface area (Å²) in [6, 6.07) is -0.442. The Morgan fingerprint density at radius 1 is 1.53 bits per heavy atom. The van der Waals surface area contributed by atoms with Gasteiger partial charge >= 0.3 is 6.21 Å². The molecule has 0 aliphatic carbocycles. The number of ketones is 1. The molecule has 92 valence electrons. The van der Waals surface area contributed by atoms with E-state index in [9.17, 15) is 9.59 Å². The minimum absolute atomic E-state index is 0.00552. The quantitative estimate of drug-likeness (QED) is 0.228. The van der Waals surface area contributed by atoms with Crippen LogP contribution in [0.3, 0.4) is 0 Å². The summed E-state index contributed by atoms with van der Waals surface area (Å²) >= 11 is 0. The molecule has 0 spiro atoms. The number of amides is 1. The number of unbranched alkanes of at least 4 members (excludes halogenated alkanes) is 1. The van der Waals surface area contributed by atoms with Gasteiger partial charge < -0.3 is 10.4 Å². The predicted molar refractivity (Wildman–Crippen MR) is 63.5 cm³/mol. The van der Waals surface area contributed by atoms with E-state index in [-0.39, 0.29) is 11.7 Å². The van der Waals surface area contributed by atoms with E-state index in [4.69, 9.17) is 5.53 Å². The van der Waals surface area contributed by atoms with Crippen LogP contribution in [0.4, 0.5) is 0 Å². The van der Waals surface area contributed by atoms with Crippen LogP contribution in [0, 0.1) is 0 Å². The fraction of sp³-hybridized carbons (Fsp3) is 0.583. The highest BCUT2D eigenvalue weighted by molar-refractivity contribution is 6.28. The standard InChI is InChI=1S/C12H17N3O2/c1-2-3-4-7-12(17)15-8-5-6-10(15)11(16)9-14-13/h2,9-10H,1,3-8H2/t10-/m0/s1. The lowest BCUT2D eigenvalue weighted by Crippen LogP contribution is -2.41. The molecule has 1 atom stereocenters. The number of carbonyl (C=O) groups excluding carboxylic acids is 2. The second-order valence-corrected chi connectivity index (χ2v) is 4.07. The Labute approximate surface area is 101 Å². The van der Waals surface area contributed by atoms with E-state index in [1.54, 1.807) is 11.0 Å². The third-order valence-corrected chi connectivity index (χ3v) is 2.89. The number of nitrogens with zero attached hydrogens (tertiary/aromatic N) is 3. The zero-order valence-electron chi connectivity index (χ0n) is 9.84. The Balaban J connectivity index is 2.56. The first kappa shape index (κ1) is 13.3. The maximum atomic E-state index is 11.9. The number of allylic oxidation sites excluding steroid dienone is 1. The van der Waals surface area contributed by atoms with Crippen LogP contribution in [-0.4, -0.2) is 40.2 Å². The minimum atomic E-state index is -0.442. The van der Waals surface area contributed by atoms with Crippen LogP contribution in [0.15, 0.2) is 12.7 Å². The average Bonchev–Trinajstić information content (AvgIpc) is 2.78. The van der Waals surface area contributed by atoms with Gasteiger partial charge in [0.15, 0.2) is 0 Å². The van der Waals surface area contributed by atoms with E-state index in [1.165, 1.54) is 0 Å². The van der Waals surface area contributed by atoms with E-state index in [1.807, 2.05) is 0 Å². The van der Waals surface area contributed by atoms with Gasteiger partial charge in [-0.05, 0) is 25.7 Å². The summed E-state index contributed by atoms with van der Waals surface area (Å²) in [5, 5.41) is 0. The second kappa shape index (κ2) is 6.76. The molecule has 0 unspecified atom stereocenters. The fourth-order valence-corrected chi connectivity index (χ4v) is 2.05. The normalized spacial score (nSPS) is 18.6. The van der Waals surface area contributed by atoms with Crippen molar-refractivity contribution in [1.82, 2.24) is 4.90 Å². The molecule has 17 heavy (non-hydrogen) atoms. The smallest absolute Gasteiger partial charge is 0.325 e. The summed E-state index contributed by atoms with van der Waals surface area (Å²) in [5.74, 6) is -0.309. The maximum absolute atomic E-state index is 11.9. The van der Waals surface area contributed by atoms with Crippen molar-refractivity contribution >= 4 is 17.9 Å². The predicted octanol–water partition coefficient (Wildman–Crippen LogP) is 1.20. The van der Waals surface area contributed by atoms with Crippen molar-refractivity contribution in [3.63, 3.8) is 0 Å². The summed E-state index contributed by atoms with van der Waals surface area (Å²) in [6.45, 7) is 4.21. The zero-order chi connectivity index (χ0) is 12.7. The Morgan fingerprint density at radius 2 is 2.29 bits per heavy atom. The van der Waals surface area contributed by atoms with Gasteiger partial charge in [0.1, 0.15) is 6.04 Å². The average molecular weight is 235 g/mol. The molecule has 5 heteroatoms. The van der Waals surface area contributed by atoms with Crippen molar-refractivity contribution in [2.24, 2.45) is 0 Å². The Hall–Kier alpha value is -1.74. The van der Waals surface area contributed by atoms with Gasteiger partial charge in [-0.15, -0.1) is 6.58 Å². The lowest BCUT2D eigenvalue weighted by Gasteiger charge is -2.21. The van der Waals surface area contributed by atoms with Gasteiger partial charge in [-0.3, -0.25) is 9.59 Å². The highest BCUT2D eigenvalue weighted by Gasteiger charge is 2.34. The first-order valence-corrected chi connectivity index (χ1v) is 5.82. The van der Waals surface area contributed by atoms with Crippen LogP contribution < -0.4 is 0 Å². The van der Waals surface area contributed by atoms with E-state index in [0.29, 0.717) is 19.4 Å². The van der Waals surface area contributed by atoms with E-state index in [0.717, 1.165) is 25.5 Å².